The summed E-state index contributed by atoms with van der Waals surface area (Å²) >= 11 is 0. The summed E-state index contributed by atoms with van der Waals surface area (Å²) in [6.07, 6.45) is 2.93. The van der Waals surface area contributed by atoms with Crippen LogP contribution >= 0.6 is 0 Å². The molecule has 4 aliphatic rings. The van der Waals surface area contributed by atoms with Crippen molar-refractivity contribution in [2.75, 3.05) is 6.79 Å². The molecule has 2 fully saturated rings. The Labute approximate surface area is 155 Å². The zero-order valence-electron chi connectivity index (χ0n) is 14.7. The number of carbonyl (C=O) groups is 2. The molecular weight excluding hydrogens is 350 g/mol. The van der Waals surface area contributed by atoms with Crippen LogP contribution in [0, 0.1) is 11.8 Å². The lowest BCUT2D eigenvalue weighted by Gasteiger charge is -2.33. The SMILES string of the molecule is C=C(C)[C@@H]1N(Cc2ccc3c(c2)OCO3)C(=O)[C@H]2[C@H](C(=O)[O-])[C@H]3C=C[C@]12O3. The Morgan fingerprint density at radius 2 is 2.15 bits per heavy atom. The third-order valence-electron chi connectivity index (χ3n) is 5.90. The van der Waals surface area contributed by atoms with Crippen LogP contribution in [0.2, 0.25) is 0 Å². The maximum Gasteiger partial charge on any atom is 0.231 e. The summed E-state index contributed by atoms with van der Waals surface area (Å²) in [6.45, 7) is 6.35. The summed E-state index contributed by atoms with van der Waals surface area (Å²) in [6, 6.07) is 5.07. The van der Waals surface area contributed by atoms with Crippen molar-refractivity contribution in [1.82, 2.24) is 4.90 Å². The van der Waals surface area contributed by atoms with Crippen LogP contribution in [0.3, 0.4) is 0 Å². The first-order valence-electron chi connectivity index (χ1n) is 8.85. The van der Waals surface area contributed by atoms with Crippen LogP contribution in [-0.4, -0.2) is 41.3 Å². The predicted octanol–water partition coefficient (Wildman–Crippen LogP) is 0.392. The second kappa shape index (κ2) is 5.36. The summed E-state index contributed by atoms with van der Waals surface area (Å²) < 4.78 is 16.8. The lowest BCUT2D eigenvalue weighted by molar-refractivity contribution is -0.313. The highest BCUT2D eigenvalue weighted by Crippen LogP contribution is 2.56. The van der Waals surface area contributed by atoms with E-state index in [1.807, 2.05) is 25.1 Å². The second-order valence-electron chi connectivity index (χ2n) is 7.52. The molecule has 7 heteroatoms. The lowest BCUT2D eigenvalue weighted by atomic mass is 9.74. The molecule has 1 aromatic rings. The molecule has 1 aromatic carbocycles. The van der Waals surface area contributed by atoms with Crippen LogP contribution < -0.4 is 14.6 Å². The van der Waals surface area contributed by atoms with Gasteiger partial charge in [0.25, 0.3) is 0 Å². The van der Waals surface area contributed by atoms with Gasteiger partial charge in [-0.2, -0.15) is 0 Å². The van der Waals surface area contributed by atoms with Gasteiger partial charge in [0.15, 0.2) is 11.5 Å². The highest BCUT2D eigenvalue weighted by molar-refractivity contribution is 5.91. The van der Waals surface area contributed by atoms with E-state index < -0.39 is 35.6 Å². The number of benzene rings is 1. The van der Waals surface area contributed by atoms with Gasteiger partial charge >= 0.3 is 0 Å². The maximum atomic E-state index is 13.3. The number of hydrogen-bond acceptors (Lipinski definition) is 6. The van der Waals surface area contributed by atoms with E-state index in [4.69, 9.17) is 14.2 Å². The first-order chi connectivity index (χ1) is 12.9. The monoisotopic (exact) mass is 368 g/mol. The normalized spacial score (nSPS) is 35.0. The zero-order valence-corrected chi connectivity index (χ0v) is 14.7. The summed E-state index contributed by atoms with van der Waals surface area (Å²) in [4.78, 5) is 26.6. The number of rotatable bonds is 4. The van der Waals surface area contributed by atoms with Crippen molar-refractivity contribution in [1.29, 1.82) is 0 Å². The fourth-order valence-corrected chi connectivity index (χ4v) is 4.95. The van der Waals surface area contributed by atoms with Crippen molar-refractivity contribution >= 4 is 11.9 Å². The minimum absolute atomic E-state index is 0.175. The molecule has 5 rings (SSSR count). The van der Waals surface area contributed by atoms with Gasteiger partial charge in [-0.1, -0.05) is 30.4 Å². The number of amides is 1. The first kappa shape index (κ1) is 16.4. The number of carboxylic acids is 1. The van der Waals surface area contributed by atoms with Crippen LogP contribution in [0.1, 0.15) is 12.5 Å². The fourth-order valence-electron chi connectivity index (χ4n) is 4.95. The molecule has 1 spiro atoms. The number of carbonyl (C=O) groups excluding carboxylic acids is 2. The number of nitrogens with zero attached hydrogens (tertiary/aromatic N) is 1. The fraction of sp³-hybridized carbons (Fsp3) is 0.400. The van der Waals surface area contributed by atoms with Gasteiger partial charge in [-0.15, -0.1) is 0 Å². The molecule has 0 saturated carbocycles. The van der Waals surface area contributed by atoms with E-state index in [-0.39, 0.29) is 12.7 Å². The minimum atomic E-state index is -1.25. The molecule has 0 aromatic heterocycles. The first-order valence-corrected chi connectivity index (χ1v) is 8.85. The lowest BCUT2D eigenvalue weighted by Crippen LogP contribution is -2.46. The van der Waals surface area contributed by atoms with Gasteiger partial charge in [0.05, 0.1) is 18.1 Å². The molecule has 4 heterocycles. The topological polar surface area (TPSA) is 88.1 Å². The van der Waals surface area contributed by atoms with Gasteiger partial charge in [0.2, 0.25) is 12.7 Å². The Kier molecular flexibility index (Phi) is 3.25. The van der Waals surface area contributed by atoms with E-state index in [9.17, 15) is 14.7 Å². The van der Waals surface area contributed by atoms with E-state index in [1.54, 1.807) is 17.0 Å². The molecular formula is C20H18NO6-. The Morgan fingerprint density at radius 3 is 2.89 bits per heavy atom. The molecule has 27 heavy (non-hydrogen) atoms. The molecule has 0 unspecified atom stereocenters. The van der Waals surface area contributed by atoms with Crippen LogP contribution in [-0.2, 0) is 20.9 Å². The van der Waals surface area contributed by atoms with Crippen molar-refractivity contribution in [2.45, 2.75) is 31.2 Å². The van der Waals surface area contributed by atoms with Crippen molar-refractivity contribution in [2.24, 2.45) is 11.8 Å². The molecule has 2 bridgehead atoms. The number of likely N-dealkylation sites (tertiary alicyclic amines) is 1. The number of carboxylic acid groups (broad SMARTS) is 1. The van der Waals surface area contributed by atoms with Gasteiger partial charge in [-0.05, 0) is 24.6 Å². The van der Waals surface area contributed by atoms with Gasteiger partial charge in [0, 0.05) is 18.4 Å². The Balaban J connectivity index is 1.53. The van der Waals surface area contributed by atoms with Gasteiger partial charge in [-0.25, -0.2) is 0 Å². The number of hydrogen-bond donors (Lipinski definition) is 0. The van der Waals surface area contributed by atoms with E-state index in [0.717, 1.165) is 11.1 Å². The summed E-state index contributed by atoms with van der Waals surface area (Å²) in [7, 11) is 0. The maximum absolute atomic E-state index is 13.3. The third kappa shape index (κ3) is 2.06. The van der Waals surface area contributed by atoms with Crippen LogP contribution in [0.25, 0.3) is 0 Å². The standard InChI is InChI=1S/C20H19NO6/c1-10(2)17-20-6-5-13(27-20)15(19(23)24)16(20)18(22)21(17)8-11-3-4-12-14(7-11)26-9-25-12/h3-7,13,15-17H,1,8-9H2,2H3,(H,23,24)/p-1/t13-,15-,16-,17+,20-/m1/s1. The van der Waals surface area contributed by atoms with E-state index in [2.05, 4.69) is 6.58 Å². The van der Waals surface area contributed by atoms with Crippen molar-refractivity contribution in [3.8, 4) is 11.5 Å². The van der Waals surface area contributed by atoms with Crippen molar-refractivity contribution < 1.29 is 28.9 Å². The van der Waals surface area contributed by atoms with Crippen molar-refractivity contribution in [3.05, 3.63) is 48.1 Å². The van der Waals surface area contributed by atoms with Gasteiger partial charge < -0.3 is 29.0 Å². The third-order valence-corrected chi connectivity index (χ3v) is 5.90. The smallest absolute Gasteiger partial charge is 0.231 e. The van der Waals surface area contributed by atoms with E-state index >= 15 is 0 Å². The number of ether oxygens (including phenoxy) is 3. The summed E-state index contributed by atoms with van der Waals surface area (Å²) in [5.41, 5.74) is 0.615. The molecule has 1 amide bonds. The quantitative estimate of drug-likeness (QED) is 0.715. The van der Waals surface area contributed by atoms with E-state index in [0.29, 0.717) is 18.0 Å². The Hall–Kier alpha value is -2.80. The summed E-state index contributed by atoms with van der Waals surface area (Å²) in [5.74, 6) is -1.98. The average Bonchev–Trinajstić information content (AvgIpc) is 3.35. The average molecular weight is 368 g/mol. The predicted molar refractivity (Wildman–Crippen MR) is 90.4 cm³/mol. The highest BCUT2D eigenvalue weighted by Gasteiger charge is 2.69. The second-order valence-corrected chi connectivity index (χ2v) is 7.52. The van der Waals surface area contributed by atoms with E-state index in [1.165, 1.54) is 0 Å². The number of aliphatic carboxylic acids is 1. The molecule has 140 valence electrons. The van der Waals surface area contributed by atoms with Crippen LogP contribution in [0.4, 0.5) is 0 Å². The van der Waals surface area contributed by atoms with Gasteiger partial charge in [-0.3, -0.25) is 4.79 Å². The largest absolute Gasteiger partial charge is 0.550 e. The minimum Gasteiger partial charge on any atom is -0.550 e. The molecule has 0 radical (unpaired) electrons. The van der Waals surface area contributed by atoms with Crippen LogP contribution in [0.5, 0.6) is 11.5 Å². The molecule has 0 aliphatic carbocycles. The molecule has 7 nitrogen and oxygen atoms in total. The molecule has 2 saturated heterocycles. The Morgan fingerprint density at radius 1 is 1.37 bits per heavy atom. The zero-order chi connectivity index (χ0) is 18.9. The highest BCUT2D eigenvalue weighted by atomic mass is 16.7. The summed E-state index contributed by atoms with van der Waals surface area (Å²) in [5, 5.41) is 11.7. The van der Waals surface area contributed by atoms with Crippen molar-refractivity contribution in [3.63, 3.8) is 0 Å². The molecule has 4 aliphatic heterocycles. The van der Waals surface area contributed by atoms with Crippen LogP contribution in [0.15, 0.2) is 42.5 Å². The van der Waals surface area contributed by atoms with Gasteiger partial charge in [0.1, 0.15) is 5.60 Å². The molecule has 5 atom stereocenters. The molecule has 0 N–H and O–H groups in total. The Bertz CT molecular complexity index is 908. The number of fused-ring (bicyclic) bond motifs is 2.